The van der Waals surface area contributed by atoms with Gasteiger partial charge in [-0.25, -0.2) is 9.59 Å². The van der Waals surface area contributed by atoms with Crippen molar-refractivity contribution in [3.63, 3.8) is 0 Å². The number of carbonyl (C=O) groups is 3. The van der Waals surface area contributed by atoms with Crippen molar-refractivity contribution < 1.29 is 34.4 Å². The van der Waals surface area contributed by atoms with Crippen molar-refractivity contribution in [2.75, 3.05) is 25.0 Å². The average Bonchev–Trinajstić information content (AvgIpc) is 2.63. The number of carboxylic acids is 2. The minimum atomic E-state index is -1.26. The zero-order valence-corrected chi connectivity index (χ0v) is 15.0. The first-order valence-corrected chi connectivity index (χ1v) is 8.40. The monoisotopic (exact) mass is 380 g/mol. The number of aliphatic hydroxyl groups excluding tert-OH is 1. The third-order valence-corrected chi connectivity index (χ3v) is 3.44. The molecule has 9 heteroatoms. The van der Waals surface area contributed by atoms with Crippen LogP contribution < -0.4 is 15.4 Å². The molecule has 1 aliphatic rings. The summed E-state index contributed by atoms with van der Waals surface area (Å²) in [4.78, 5) is 30.4. The van der Waals surface area contributed by atoms with Crippen LogP contribution in [0.15, 0.2) is 30.4 Å². The fourth-order valence-corrected chi connectivity index (χ4v) is 2.23. The molecule has 1 heterocycles. The van der Waals surface area contributed by atoms with Crippen LogP contribution in [0.1, 0.15) is 18.9 Å². The van der Waals surface area contributed by atoms with Gasteiger partial charge in [0.25, 0.3) is 0 Å². The Morgan fingerprint density at radius 2 is 1.93 bits per heavy atom. The highest BCUT2D eigenvalue weighted by Crippen LogP contribution is 2.31. The molecule has 0 saturated carbocycles. The van der Waals surface area contributed by atoms with E-state index in [9.17, 15) is 19.5 Å². The van der Waals surface area contributed by atoms with Crippen molar-refractivity contribution in [1.29, 1.82) is 0 Å². The number of carbonyl (C=O) groups excluding carboxylic acids is 1. The Morgan fingerprint density at radius 3 is 2.52 bits per heavy atom. The summed E-state index contributed by atoms with van der Waals surface area (Å²) in [5, 5.41) is 31.2. The molecule has 1 unspecified atom stereocenters. The number of ether oxygens (including phenoxy) is 1. The number of aliphatic hydroxyl groups is 1. The van der Waals surface area contributed by atoms with E-state index in [2.05, 4.69) is 10.6 Å². The second kappa shape index (κ2) is 11.7. The van der Waals surface area contributed by atoms with Crippen molar-refractivity contribution in [3.05, 3.63) is 35.9 Å². The highest BCUT2D eigenvalue weighted by atomic mass is 16.5. The summed E-state index contributed by atoms with van der Waals surface area (Å²) in [6.07, 6.45) is 1.74. The molecule has 0 saturated heterocycles. The van der Waals surface area contributed by atoms with Gasteiger partial charge in [0.05, 0.1) is 0 Å². The van der Waals surface area contributed by atoms with Gasteiger partial charge in [-0.2, -0.15) is 0 Å². The lowest BCUT2D eigenvalue weighted by Crippen LogP contribution is -2.31. The molecule has 0 aliphatic carbocycles. The van der Waals surface area contributed by atoms with E-state index in [1.165, 1.54) is 0 Å². The largest absolute Gasteiger partial charge is 0.490 e. The van der Waals surface area contributed by atoms with Crippen LogP contribution in [-0.2, 0) is 20.8 Å². The number of fused-ring (bicyclic) bond motifs is 1. The highest BCUT2D eigenvalue weighted by Gasteiger charge is 2.18. The Balaban J connectivity index is 0.000000387. The molecule has 0 radical (unpaired) electrons. The predicted octanol–water partition coefficient (Wildman–Crippen LogP) is 0.632. The molecule has 1 atom stereocenters. The Hall–Kier alpha value is -2.91. The van der Waals surface area contributed by atoms with Gasteiger partial charge < -0.3 is 30.7 Å². The number of hydrogen-bond acceptors (Lipinski definition) is 6. The lowest BCUT2D eigenvalue weighted by molar-refractivity contribution is -0.134. The van der Waals surface area contributed by atoms with E-state index >= 15 is 0 Å². The fourth-order valence-electron chi connectivity index (χ4n) is 2.23. The molecule has 148 valence electrons. The van der Waals surface area contributed by atoms with Crippen LogP contribution in [-0.4, -0.2) is 59.0 Å². The van der Waals surface area contributed by atoms with Gasteiger partial charge in [-0.1, -0.05) is 13.0 Å². The molecular formula is C18H24N2O7. The van der Waals surface area contributed by atoms with E-state index in [0.717, 1.165) is 23.5 Å². The van der Waals surface area contributed by atoms with Crippen molar-refractivity contribution >= 4 is 23.5 Å². The first-order valence-electron chi connectivity index (χ1n) is 8.40. The van der Waals surface area contributed by atoms with E-state index in [1.807, 2.05) is 25.1 Å². The van der Waals surface area contributed by atoms with Crippen LogP contribution >= 0.6 is 0 Å². The van der Waals surface area contributed by atoms with E-state index in [0.29, 0.717) is 31.5 Å². The molecule has 5 N–H and O–H groups in total. The van der Waals surface area contributed by atoms with Crippen LogP contribution in [0.3, 0.4) is 0 Å². The van der Waals surface area contributed by atoms with E-state index in [4.69, 9.17) is 14.9 Å². The van der Waals surface area contributed by atoms with Crippen LogP contribution in [0.5, 0.6) is 5.75 Å². The number of carboxylic acid groups (broad SMARTS) is 2. The number of rotatable bonds is 8. The first kappa shape index (κ1) is 22.1. The molecule has 1 aromatic carbocycles. The number of anilines is 1. The van der Waals surface area contributed by atoms with Gasteiger partial charge in [-0.3, -0.25) is 4.79 Å². The molecule has 1 amide bonds. The summed E-state index contributed by atoms with van der Waals surface area (Å²) in [5.74, 6) is -1.73. The topological polar surface area (TPSA) is 145 Å². The molecular weight excluding hydrogens is 356 g/mol. The summed E-state index contributed by atoms with van der Waals surface area (Å²) >= 11 is 0. The van der Waals surface area contributed by atoms with Gasteiger partial charge in [0, 0.05) is 36.4 Å². The van der Waals surface area contributed by atoms with Crippen molar-refractivity contribution in [2.45, 2.75) is 25.9 Å². The molecule has 0 bridgehead atoms. The second-order valence-electron chi connectivity index (χ2n) is 5.61. The minimum Gasteiger partial charge on any atom is -0.490 e. The molecule has 27 heavy (non-hydrogen) atoms. The van der Waals surface area contributed by atoms with Crippen LogP contribution in [0.4, 0.5) is 5.69 Å². The second-order valence-corrected chi connectivity index (χ2v) is 5.61. The SMILES string of the molecule is CCNCC(O)COc1cccc2c1CCC(=O)N2.O=C(O)/C=C\C(=O)O. The number of hydrogen-bond donors (Lipinski definition) is 5. The molecule has 0 aromatic heterocycles. The number of amides is 1. The minimum absolute atomic E-state index is 0.0387. The lowest BCUT2D eigenvalue weighted by Gasteiger charge is -2.21. The molecule has 9 nitrogen and oxygen atoms in total. The van der Waals surface area contributed by atoms with Gasteiger partial charge in [0.15, 0.2) is 0 Å². The normalized spacial score (nSPS) is 13.8. The zero-order valence-electron chi connectivity index (χ0n) is 15.0. The predicted molar refractivity (Wildman–Crippen MR) is 97.8 cm³/mol. The number of benzene rings is 1. The summed E-state index contributed by atoms with van der Waals surface area (Å²) < 4.78 is 5.66. The Bertz CT molecular complexity index is 672. The van der Waals surface area contributed by atoms with Gasteiger partial charge in [-0.05, 0) is 25.1 Å². The smallest absolute Gasteiger partial charge is 0.328 e. The van der Waals surface area contributed by atoms with Gasteiger partial charge in [0.1, 0.15) is 18.5 Å². The quantitative estimate of drug-likeness (QED) is 0.413. The van der Waals surface area contributed by atoms with Crippen molar-refractivity contribution in [1.82, 2.24) is 5.32 Å². The average molecular weight is 380 g/mol. The van der Waals surface area contributed by atoms with Crippen LogP contribution in [0.25, 0.3) is 0 Å². The number of aliphatic carboxylic acids is 2. The standard InChI is InChI=1S/C14H20N2O3.C4H4O4/c1-2-15-8-10(17)9-19-13-5-3-4-12-11(13)6-7-14(18)16-12;5-3(6)1-2-4(7)8/h3-5,10,15,17H,2,6-9H2,1H3,(H,16,18);1-2H,(H,5,6)(H,7,8)/b;2-1-. The van der Waals surface area contributed by atoms with Gasteiger partial charge >= 0.3 is 11.9 Å². The third-order valence-electron chi connectivity index (χ3n) is 3.44. The summed E-state index contributed by atoms with van der Waals surface area (Å²) in [5.41, 5.74) is 1.83. The Kier molecular flexibility index (Phi) is 9.55. The maximum atomic E-state index is 11.3. The molecule has 2 rings (SSSR count). The summed E-state index contributed by atoms with van der Waals surface area (Å²) in [6.45, 7) is 3.58. The fraction of sp³-hybridized carbons (Fsp3) is 0.389. The Labute approximate surface area is 156 Å². The van der Waals surface area contributed by atoms with E-state index in [1.54, 1.807) is 0 Å². The molecule has 1 aromatic rings. The lowest BCUT2D eigenvalue weighted by atomic mass is 10.0. The maximum Gasteiger partial charge on any atom is 0.328 e. The van der Waals surface area contributed by atoms with Crippen molar-refractivity contribution in [3.8, 4) is 5.75 Å². The zero-order chi connectivity index (χ0) is 20.2. The van der Waals surface area contributed by atoms with Crippen LogP contribution in [0.2, 0.25) is 0 Å². The number of likely N-dealkylation sites (N-methyl/N-ethyl adjacent to an activating group) is 1. The summed E-state index contributed by atoms with van der Waals surface area (Å²) in [6, 6.07) is 5.58. The van der Waals surface area contributed by atoms with E-state index in [-0.39, 0.29) is 12.5 Å². The molecule has 0 spiro atoms. The number of nitrogens with one attached hydrogen (secondary N) is 2. The molecule has 0 fully saturated rings. The highest BCUT2D eigenvalue weighted by molar-refractivity contribution is 5.94. The van der Waals surface area contributed by atoms with Crippen LogP contribution in [0, 0.1) is 0 Å². The van der Waals surface area contributed by atoms with Gasteiger partial charge in [0.2, 0.25) is 5.91 Å². The summed E-state index contributed by atoms with van der Waals surface area (Å²) in [7, 11) is 0. The Morgan fingerprint density at radius 1 is 1.26 bits per heavy atom. The maximum absolute atomic E-state index is 11.3. The van der Waals surface area contributed by atoms with Gasteiger partial charge in [-0.15, -0.1) is 0 Å². The molecule has 1 aliphatic heterocycles. The van der Waals surface area contributed by atoms with E-state index < -0.39 is 18.0 Å². The van der Waals surface area contributed by atoms with Crippen molar-refractivity contribution in [2.24, 2.45) is 0 Å². The first-order chi connectivity index (χ1) is 12.8. The third kappa shape index (κ3) is 8.84.